The van der Waals surface area contributed by atoms with E-state index in [0.717, 1.165) is 40.3 Å². The molecule has 1 saturated carbocycles. The molecule has 1 fully saturated rings. The number of carbonyl (C=O) groups excluding carboxylic acids is 1. The molecule has 214 valence electrons. The average Bonchev–Trinajstić information content (AvgIpc) is 3.35. The van der Waals surface area contributed by atoms with Gasteiger partial charge in [0.1, 0.15) is 22.3 Å². The van der Waals surface area contributed by atoms with Crippen LogP contribution in [-0.4, -0.2) is 58.1 Å². The molecule has 0 bridgehead atoms. The summed E-state index contributed by atoms with van der Waals surface area (Å²) in [6.45, 7) is 0.141. The van der Waals surface area contributed by atoms with Gasteiger partial charge in [-0.1, -0.05) is 17.7 Å². The van der Waals surface area contributed by atoms with Gasteiger partial charge in [-0.15, -0.1) is 11.3 Å². The monoisotopic (exact) mass is 599 g/mol. The van der Waals surface area contributed by atoms with E-state index in [4.69, 9.17) is 16.3 Å². The fraction of sp³-hybridized carbons (Fsp3) is 0.300. The summed E-state index contributed by atoms with van der Waals surface area (Å²) in [5, 5.41) is 9.20. The lowest BCUT2D eigenvalue weighted by molar-refractivity contribution is 0.0555. The van der Waals surface area contributed by atoms with Crippen molar-refractivity contribution in [1.29, 1.82) is 0 Å². The zero-order valence-corrected chi connectivity index (χ0v) is 24.0. The highest BCUT2D eigenvalue weighted by atomic mass is 35.5. The summed E-state index contributed by atoms with van der Waals surface area (Å²) >= 11 is 7.36. The fourth-order valence-electron chi connectivity index (χ4n) is 5.42. The summed E-state index contributed by atoms with van der Waals surface area (Å²) < 4.78 is 34.9. The topological polar surface area (TPSA) is 83.0 Å². The van der Waals surface area contributed by atoms with Crippen molar-refractivity contribution in [2.45, 2.75) is 44.3 Å². The Morgan fingerprint density at radius 3 is 2.41 bits per heavy atom. The third-order valence-corrected chi connectivity index (χ3v) is 9.35. The number of ether oxygens (including phenoxy) is 1. The molecular formula is C30H28ClF2N3O4S. The number of pyridine rings is 1. The van der Waals surface area contributed by atoms with Crippen LogP contribution in [0.1, 0.15) is 40.9 Å². The predicted molar refractivity (Wildman–Crippen MR) is 155 cm³/mol. The normalized spacial score (nSPS) is 16.9. The first-order chi connectivity index (χ1) is 19.7. The molecule has 1 aliphatic carbocycles. The van der Waals surface area contributed by atoms with Crippen LogP contribution in [-0.2, 0) is 6.54 Å². The summed E-state index contributed by atoms with van der Waals surface area (Å²) in [5.41, 5.74) is 2.32. The molecule has 5 rings (SSSR count). The van der Waals surface area contributed by atoms with Gasteiger partial charge in [0.2, 0.25) is 0 Å². The van der Waals surface area contributed by atoms with Gasteiger partial charge in [0.15, 0.2) is 0 Å². The van der Waals surface area contributed by atoms with Crippen molar-refractivity contribution in [1.82, 2.24) is 14.8 Å². The number of amides is 2. The van der Waals surface area contributed by atoms with Crippen molar-refractivity contribution in [3.8, 4) is 17.0 Å². The maximum Gasteiger partial charge on any atom is 0.407 e. The van der Waals surface area contributed by atoms with Gasteiger partial charge in [-0.3, -0.25) is 9.78 Å². The van der Waals surface area contributed by atoms with E-state index < -0.39 is 23.6 Å². The number of thiophene rings is 1. The van der Waals surface area contributed by atoms with Crippen molar-refractivity contribution >= 4 is 45.0 Å². The van der Waals surface area contributed by atoms with Gasteiger partial charge in [-0.2, -0.15) is 0 Å². The van der Waals surface area contributed by atoms with Crippen LogP contribution in [0.4, 0.5) is 13.6 Å². The highest BCUT2D eigenvalue weighted by Gasteiger charge is 2.34. The lowest BCUT2D eigenvalue weighted by Crippen LogP contribution is -2.46. The van der Waals surface area contributed by atoms with E-state index in [1.165, 1.54) is 4.90 Å². The number of halogens is 3. The second-order valence-electron chi connectivity index (χ2n) is 10.0. The Morgan fingerprint density at radius 1 is 1.07 bits per heavy atom. The predicted octanol–water partition coefficient (Wildman–Crippen LogP) is 7.47. The molecular weight excluding hydrogens is 572 g/mol. The highest BCUT2D eigenvalue weighted by Crippen LogP contribution is 2.41. The molecule has 2 aromatic heterocycles. The minimum atomic E-state index is -1.00. The summed E-state index contributed by atoms with van der Waals surface area (Å²) in [4.78, 5) is 33.2. The summed E-state index contributed by atoms with van der Waals surface area (Å²) in [6.07, 6.45) is 2.91. The first kappa shape index (κ1) is 28.8. The molecule has 2 amide bonds. The fourth-order valence-corrected chi connectivity index (χ4v) is 6.93. The van der Waals surface area contributed by atoms with Gasteiger partial charge in [-0.25, -0.2) is 13.6 Å². The average molecular weight is 600 g/mol. The Bertz CT molecular complexity index is 1590. The van der Waals surface area contributed by atoms with E-state index in [0.29, 0.717) is 31.4 Å². The van der Waals surface area contributed by atoms with Crippen LogP contribution < -0.4 is 4.74 Å². The molecule has 0 spiro atoms. The number of nitrogens with zero attached hydrogens (tertiary/aromatic N) is 3. The van der Waals surface area contributed by atoms with Gasteiger partial charge >= 0.3 is 6.09 Å². The summed E-state index contributed by atoms with van der Waals surface area (Å²) in [7, 11) is 3.09. The van der Waals surface area contributed by atoms with Crippen LogP contribution in [0.2, 0.25) is 5.02 Å². The lowest BCUT2D eigenvalue weighted by atomic mass is 9.89. The number of carbonyl (C=O) groups is 2. The molecule has 0 unspecified atom stereocenters. The van der Waals surface area contributed by atoms with Crippen molar-refractivity contribution in [3.05, 3.63) is 81.8 Å². The minimum Gasteiger partial charge on any atom is -0.496 e. The molecule has 41 heavy (non-hydrogen) atoms. The molecule has 0 aliphatic heterocycles. The maximum atomic E-state index is 14.7. The molecule has 2 heterocycles. The number of benzene rings is 2. The third kappa shape index (κ3) is 5.71. The smallest absolute Gasteiger partial charge is 0.407 e. The zero-order valence-electron chi connectivity index (χ0n) is 22.4. The highest BCUT2D eigenvalue weighted by molar-refractivity contribution is 7.21. The van der Waals surface area contributed by atoms with Gasteiger partial charge in [0, 0.05) is 43.0 Å². The Labute approximate surface area is 244 Å². The van der Waals surface area contributed by atoms with Crippen LogP contribution in [0.3, 0.4) is 0 Å². The van der Waals surface area contributed by atoms with E-state index in [9.17, 15) is 23.5 Å². The molecule has 0 saturated heterocycles. The Morgan fingerprint density at radius 2 is 1.78 bits per heavy atom. The minimum absolute atomic E-state index is 0.0141. The molecule has 4 aromatic rings. The lowest BCUT2D eigenvalue weighted by Gasteiger charge is -2.39. The quantitative estimate of drug-likeness (QED) is 0.238. The van der Waals surface area contributed by atoms with Crippen LogP contribution in [0.15, 0.2) is 54.7 Å². The first-order valence-corrected chi connectivity index (χ1v) is 14.3. The summed E-state index contributed by atoms with van der Waals surface area (Å²) in [6, 6.07) is 12.8. The number of hydrogen-bond acceptors (Lipinski definition) is 5. The zero-order chi connectivity index (χ0) is 29.3. The van der Waals surface area contributed by atoms with Gasteiger partial charge in [0.05, 0.1) is 27.9 Å². The Kier molecular flexibility index (Phi) is 8.42. The summed E-state index contributed by atoms with van der Waals surface area (Å²) in [5.74, 6) is -1.23. The number of carboxylic acid groups (broad SMARTS) is 1. The van der Waals surface area contributed by atoms with Crippen LogP contribution in [0.25, 0.3) is 21.3 Å². The molecule has 7 nitrogen and oxygen atoms in total. The number of fused-ring (bicyclic) bond motifs is 1. The molecule has 0 radical (unpaired) electrons. The standard InChI is InChI=1S/C30H28ClF2N3O4S/c1-35(30(38)39)19-7-9-20(10-8-19)36(29(37)28-26(31)25-21(32)11-12-22(33)27(25)41-28)16-18-15-17(6-13-24(18)40-2)23-5-3-4-14-34-23/h3-6,11-15,19-20H,7-10,16H2,1-2H3,(H,38,39). The number of hydrogen-bond donors (Lipinski definition) is 1. The van der Waals surface area contributed by atoms with Crippen LogP contribution in [0.5, 0.6) is 5.75 Å². The van der Waals surface area contributed by atoms with E-state index in [2.05, 4.69) is 4.98 Å². The van der Waals surface area contributed by atoms with Crippen LogP contribution >= 0.6 is 22.9 Å². The number of methoxy groups -OCH3 is 1. The molecule has 0 atom stereocenters. The van der Waals surface area contributed by atoms with Crippen molar-refractivity contribution in [3.63, 3.8) is 0 Å². The van der Waals surface area contributed by atoms with E-state index >= 15 is 0 Å². The van der Waals surface area contributed by atoms with E-state index in [1.807, 2.05) is 36.4 Å². The van der Waals surface area contributed by atoms with Crippen LogP contribution in [0, 0.1) is 11.6 Å². The molecule has 2 aromatic carbocycles. The molecule has 1 N–H and O–H groups in total. The van der Waals surface area contributed by atoms with Crippen molar-refractivity contribution in [2.24, 2.45) is 0 Å². The van der Waals surface area contributed by atoms with Crippen molar-refractivity contribution < 1.29 is 28.2 Å². The maximum absolute atomic E-state index is 14.7. The van der Waals surface area contributed by atoms with Crippen molar-refractivity contribution in [2.75, 3.05) is 14.2 Å². The Hall–Kier alpha value is -3.76. The third-order valence-electron chi connectivity index (χ3n) is 7.68. The first-order valence-electron chi connectivity index (χ1n) is 13.1. The van der Waals surface area contributed by atoms with E-state index in [1.54, 1.807) is 25.3 Å². The van der Waals surface area contributed by atoms with Gasteiger partial charge < -0.3 is 19.6 Å². The van der Waals surface area contributed by atoms with Gasteiger partial charge in [0.25, 0.3) is 5.91 Å². The molecule has 11 heteroatoms. The largest absolute Gasteiger partial charge is 0.496 e. The van der Waals surface area contributed by atoms with Gasteiger partial charge in [-0.05, 0) is 68.1 Å². The number of aromatic nitrogens is 1. The Balaban J connectivity index is 1.54. The SMILES string of the molecule is COc1ccc(-c2ccccn2)cc1CN(C(=O)c1sc2c(F)ccc(F)c2c1Cl)C1CCC(N(C)C(=O)O)CC1. The molecule has 1 aliphatic rings. The van der Waals surface area contributed by atoms with E-state index in [-0.39, 0.29) is 38.6 Å². The second kappa shape index (κ2) is 12.0. The number of rotatable bonds is 7. The second-order valence-corrected chi connectivity index (χ2v) is 11.4.